The Morgan fingerprint density at radius 1 is 1.65 bits per heavy atom. The quantitative estimate of drug-likeness (QED) is 0.823. The number of hydrogen-bond donors (Lipinski definition) is 1. The molecule has 2 atom stereocenters. The topological polar surface area (TPSA) is 39.1 Å². The molecular formula is C13H23N3O. The molecule has 0 radical (unpaired) electrons. The van der Waals surface area contributed by atoms with Crippen LogP contribution in [-0.4, -0.2) is 29.0 Å². The van der Waals surface area contributed by atoms with E-state index in [9.17, 15) is 0 Å². The summed E-state index contributed by atoms with van der Waals surface area (Å²) in [6.07, 6.45) is 9.27. The minimum atomic E-state index is 0.415. The van der Waals surface area contributed by atoms with Gasteiger partial charge < -0.3 is 10.1 Å². The van der Waals surface area contributed by atoms with Gasteiger partial charge in [-0.1, -0.05) is 6.92 Å². The van der Waals surface area contributed by atoms with Crippen molar-refractivity contribution in [2.24, 2.45) is 7.05 Å². The van der Waals surface area contributed by atoms with E-state index in [2.05, 4.69) is 23.5 Å². The molecule has 1 fully saturated rings. The van der Waals surface area contributed by atoms with E-state index in [4.69, 9.17) is 4.74 Å². The largest absolute Gasteiger partial charge is 0.378 e. The Labute approximate surface area is 103 Å². The summed E-state index contributed by atoms with van der Waals surface area (Å²) in [5.41, 5.74) is 1.28. The predicted molar refractivity (Wildman–Crippen MR) is 67.8 cm³/mol. The Morgan fingerprint density at radius 3 is 3.12 bits per heavy atom. The van der Waals surface area contributed by atoms with Crippen LogP contribution < -0.4 is 5.32 Å². The molecule has 1 N–H and O–H groups in total. The van der Waals surface area contributed by atoms with Crippen molar-refractivity contribution in [2.45, 2.75) is 44.8 Å². The van der Waals surface area contributed by atoms with Gasteiger partial charge in [0, 0.05) is 31.5 Å². The second-order valence-electron chi connectivity index (χ2n) is 4.77. The van der Waals surface area contributed by atoms with Crippen molar-refractivity contribution in [2.75, 3.05) is 13.2 Å². The highest BCUT2D eigenvalue weighted by Crippen LogP contribution is 2.23. The Kier molecular flexibility index (Phi) is 4.57. The van der Waals surface area contributed by atoms with Crippen molar-refractivity contribution in [1.29, 1.82) is 0 Å². The molecule has 17 heavy (non-hydrogen) atoms. The summed E-state index contributed by atoms with van der Waals surface area (Å²) >= 11 is 0. The molecule has 96 valence electrons. The van der Waals surface area contributed by atoms with E-state index in [0.717, 1.165) is 26.0 Å². The summed E-state index contributed by atoms with van der Waals surface area (Å²) in [6, 6.07) is 0.415. The second kappa shape index (κ2) is 6.17. The number of rotatable bonds is 6. The first-order chi connectivity index (χ1) is 8.29. The van der Waals surface area contributed by atoms with Crippen LogP contribution in [0.5, 0.6) is 0 Å². The molecule has 1 aromatic rings. The molecule has 2 unspecified atom stereocenters. The Bertz CT molecular complexity index is 331. The summed E-state index contributed by atoms with van der Waals surface area (Å²) < 4.78 is 7.54. The van der Waals surface area contributed by atoms with E-state index in [1.165, 1.54) is 18.4 Å². The van der Waals surface area contributed by atoms with Gasteiger partial charge in [-0.15, -0.1) is 0 Å². The SMILES string of the molecule is CCNC(CCC1CCCO1)c1cnn(C)c1. The van der Waals surface area contributed by atoms with Gasteiger partial charge in [-0.05, 0) is 32.2 Å². The van der Waals surface area contributed by atoms with Gasteiger partial charge in [0.1, 0.15) is 0 Å². The van der Waals surface area contributed by atoms with Gasteiger partial charge in [-0.3, -0.25) is 4.68 Å². The molecule has 0 saturated carbocycles. The lowest BCUT2D eigenvalue weighted by Gasteiger charge is -2.18. The van der Waals surface area contributed by atoms with Crippen molar-refractivity contribution in [3.63, 3.8) is 0 Å². The lowest BCUT2D eigenvalue weighted by Crippen LogP contribution is -2.22. The molecule has 4 heteroatoms. The normalized spacial score (nSPS) is 21.9. The van der Waals surface area contributed by atoms with Crippen molar-refractivity contribution >= 4 is 0 Å². The highest BCUT2D eigenvalue weighted by molar-refractivity contribution is 5.10. The molecule has 1 aliphatic rings. The molecule has 2 rings (SSSR count). The van der Waals surface area contributed by atoms with Crippen molar-refractivity contribution in [1.82, 2.24) is 15.1 Å². The maximum absolute atomic E-state index is 5.67. The van der Waals surface area contributed by atoms with E-state index in [0.29, 0.717) is 12.1 Å². The maximum Gasteiger partial charge on any atom is 0.0576 e. The van der Waals surface area contributed by atoms with Crippen molar-refractivity contribution < 1.29 is 4.74 Å². The van der Waals surface area contributed by atoms with Crippen LogP contribution >= 0.6 is 0 Å². The van der Waals surface area contributed by atoms with Crippen LogP contribution in [0.3, 0.4) is 0 Å². The van der Waals surface area contributed by atoms with Crippen LogP contribution in [-0.2, 0) is 11.8 Å². The number of nitrogens with zero attached hydrogens (tertiary/aromatic N) is 2. The number of hydrogen-bond acceptors (Lipinski definition) is 3. The zero-order valence-electron chi connectivity index (χ0n) is 10.9. The van der Waals surface area contributed by atoms with Gasteiger partial charge >= 0.3 is 0 Å². The van der Waals surface area contributed by atoms with E-state index in [1.807, 2.05) is 17.9 Å². The molecule has 0 amide bonds. The fraction of sp³-hybridized carbons (Fsp3) is 0.769. The van der Waals surface area contributed by atoms with Gasteiger partial charge in [0.2, 0.25) is 0 Å². The van der Waals surface area contributed by atoms with Crippen LogP contribution in [0, 0.1) is 0 Å². The van der Waals surface area contributed by atoms with Crippen LogP contribution in [0.2, 0.25) is 0 Å². The van der Waals surface area contributed by atoms with E-state index in [-0.39, 0.29) is 0 Å². The second-order valence-corrected chi connectivity index (χ2v) is 4.77. The highest BCUT2D eigenvalue weighted by Gasteiger charge is 2.19. The predicted octanol–water partition coefficient (Wildman–Crippen LogP) is 2.03. The number of nitrogens with one attached hydrogen (secondary N) is 1. The zero-order chi connectivity index (χ0) is 12.1. The minimum Gasteiger partial charge on any atom is -0.378 e. The fourth-order valence-electron chi connectivity index (χ4n) is 2.48. The number of aryl methyl sites for hydroxylation is 1. The summed E-state index contributed by atoms with van der Waals surface area (Å²) in [6.45, 7) is 4.09. The average molecular weight is 237 g/mol. The van der Waals surface area contributed by atoms with Crippen molar-refractivity contribution in [3.8, 4) is 0 Å². The molecule has 0 bridgehead atoms. The maximum atomic E-state index is 5.67. The van der Waals surface area contributed by atoms with Gasteiger partial charge in [0.05, 0.1) is 12.3 Å². The van der Waals surface area contributed by atoms with Crippen molar-refractivity contribution in [3.05, 3.63) is 18.0 Å². The monoisotopic (exact) mass is 237 g/mol. The van der Waals surface area contributed by atoms with E-state index >= 15 is 0 Å². The third-order valence-electron chi connectivity index (χ3n) is 3.38. The average Bonchev–Trinajstić information content (AvgIpc) is 2.95. The highest BCUT2D eigenvalue weighted by atomic mass is 16.5. The first kappa shape index (κ1) is 12.6. The molecule has 0 aromatic carbocycles. The fourth-order valence-corrected chi connectivity index (χ4v) is 2.48. The Morgan fingerprint density at radius 2 is 2.53 bits per heavy atom. The summed E-state index contributed by atoms with van der Waals surface area (Å²) in [4.78, 5) is 0. The first-order valence-electron chi connectivity index (χ1n) is 6.63. The third-order valence-corrected chi connectivity index (χ3v) is 3.38. The molecule has 0 aliphatic carbocycles. The summed E-state index contributed by atoms with van der Waals surface area (Å²) in [5.74, 6) is 0. The Hall–Kier alpha value is -0.870. The first-order valence-corrected chi connectivity index (χ1v) is 6.63. The minimum absolute atomic E-state index is 0.415. The molecule has 4 nitrogen and oxygen atoms in total. The zero-order valence-corrected chi connectivity index (χ0v) is 10.9. The molecular weight excluding hydrogens is 214 g/mol. The smallest absolute Gasteiger partial charge is 0.0576 e. The molecule has 0 spiro atoms. The lowest BCUT2D eigenvalue weighted by atomic mass is 10.0. The standard InChI is InChI=1S/C13H23N3O/c1-3-14-13(11-9-15-16(2)10-11)7-6-12-5-4-8-17-12/h9-10,12-14H,3-8H2,1-2H3. The molecule has 1 aromatic heterocycles. The molecule has 1 aliphatic heterocycles. The van der Waals surface area contributed by atoms with Gasteiger partial charge in [-0.25, -0.2) is 0 Å². The molecule has 2 heterocycles. The van der Waals surface area contributed by atoms with Crippen LogP contribution in [0.25, 0.3) is 0 Å². The third kappa shape index (κ3) is 3.54. The van der Waals surface area contributed by atoms with Gasteiger partial charge in [0.25, 0.3) is 0 Å². The van der Waals surface area contributed by atoms with Crippen LogP contribution in [0.4, 0.5) is 0 Å². The van der Waals surface area contributed by atoms with Gasteiger partial charge in [0.15, 0.2) is 0 Å². The summed E-state index contributed by atoms with van der Waals surface area (Å²) in [5, 5.41) is 7.77. The molecule has 1 saturated heterocycles. The van der Waals surface area contributed by atoms with Crippen LogP contribution in [0.15, 0.2) is 12.4 Å². The van der Waals surface area contributed by atoms with Crippen LogP contribution in [0.1, 0.15) is 44.2 Å². The van der Waals surface area contributed by atoms with E-state index < -0.39 is 0 Å². The van der Waals surface area contributed by atoms with Gasteiger partial charge in [-0.2, -0.15) is 5.10 Å². The Balaban J connectivity index is 1.87. The lowest BCUT2D eigenvalue weighted by molar-refractivity contribution is 0.0996. The summed E-state index contributed by atoms with van der Waals surface area (Å²) in [7, 11) is 1.96. The number of aromatic nitrogens is 2. The number of ether oxygens (including phenoxy) is 1. The van der Waals surface area contributed by atoms with E-state index in [1.54, 1.807) is 0 Å².